The molecule has 0 aromatic carbocycles. The summed E-state index contributed by atoms with van der Waals surface area (Å²) in [6, 6.07) is 0.0735. The number of hydrogen-bond acceptors (Lipinski definition) is 4. The van der Waals surface area contributed by atoms with E-state index in [0.29, 0.717) is 25.6 Å². The van der Waals surface area contributed by atoms with Crippen molar-refractivity contribution >= 4 is 45.7 Å². The number of guanidine groups is 1. The van der Waals surface area contributed by atoms with Crippen molar-refractivity contribution in [3.05, 3.63) is 0 Å². The van der Waals surface area contributed by atoms with Crippen molar-refractivity contribution in [2.45, 2.75) is 45.4 Å². The molecule has 0 aliphatic carbocycles. The minimum absolute atomic E-state index is 0. The number of halogens is 1. The molecule has 1 aliphatic heterocycles. The van der Waals surface area contributed by atoms with Crippen LogP contribution in [0.5, 0.6) is 0 Å². The summed E-state index contributed by atoms with van der Waals surface area (Å²) in [6.45, 7) is 10.6. The number of nitrogens with zero attached hydrogens (tertiary/aromatic N) is 2. The molecular weight excluding hydrogens is 431 g/mol. The minimum Gasteiger partial charge on any atom is -0.357 e. The second-order valence-electron chi connectivity index (χ2n) is 6.39. The summed E-state index contributed by atoms with van der Waals surface area (Å²) in [7, 11) is -3.09. The SMILES string of the molecule is CCNC(=NCC(=O)NC(C)C)N1CCS(=O)(=O)C(C)(C)C1.I. The van der Waals surface area contributed by atoms with Crippen LogP contribution in [0.3, 0.4) is 0 Å². The lowest BCUT2D eigenvalue weighted by atomic mass is 10.2. The molecule has 9 heteroatoms. The van der Waals surface area contributed by atoms with Gasteiger partial charge in [-0.25, -0.2) is 13.4 Å². The van der Waals surface area contributed by atoms with Crippen LogP contribution < -0.4 is 10.6 Å². The molecule has 1 rings (SSSR count). The first-order valence-electron chi connectivity index (χ1n) is 7.64. The maximum absolute atomic E-state index is 12.1. The quantitative estimate of drug-likeness (QED) is 0.365. The Hall–Kier alpha value is -0.580. The van der Waals surface area contributed by atoms with Gasteiger partial charge in [0.15, 0.2) is 15.8 Å². The summed E-state index contributed by atoms with van der Waals surface area (Å²) in [4.78, 5) is 18.0. The molecular formula is C14H29IN4O3S. The number of aliphatic imine (C=N–C) groups is 1. The van der Waals surface area contributed by atoms with E-state index in [2.05, 4.69) is 15.6 Å². The Kier molecular flexibility index (Phi) is 8.82. The molecule has 2 N–H and O–H groups in total. The zero-order valence-corrected chi connectivity index (χ0v) is 17.7. The van der Waals surface area contributed by atoms with Crippen molar-refractivity contribution in [1.82, 2.24) is 15.5 Å². The second kappa shape index (κ2) is 9.05. The predicted molar refractivity (Wildman–Crippen MR) is 104 cm³/mol. The molecule has 0 bridgehead atoms. The molecule has 7 nitrogen and oxygen atoms in total. The Morgan fingerprint density at radius 1 is 1.35 bits per heavy atom. The third-order valence-corrected chi connectivity index (χ3v) is 6.03. The number of carbonyl (C=O) groups excluding carboxylic acids is 1. The highest BCUT2D eigenvalue weighted by Gasteiger charge is 2.40. The Labute approximate surface area is 156 Å². The van der Waals surface area contributed by atoms with E-state index >= 15 is 0 Å². The Morgan fingerprint density at radius 2 is 1.96 bits per heavy atom. The lowest BCUT2D eigenvalue weighted by molar-refractivity contribution is -0.120. The first-order valence-corrected chi connectivity index (χ1v) is 9.29. The zero-order valence-electron chi connectivity index (χ0n) is 14.5. The molecule has 1 amide bonds. The van der Waals surface area contributed by atoms with Crippen LogP contribution in [0.25, 0.3) is 0 Å². The van der Waals surface area contributed by atoms with Gasteiger partial charge >= 0.3 is 0 Å². The van der Waals surface area contributed by atoms with Crippen LogP contribution in [0, 0.1) is 0 Å². The Balaban J connectivity index is 0.00000484. The molecule has 0 aromatic rings. The van der Waals surface area contributed by atoms with Crippen molar-refractivity contribution in [3.8, 4) is 0 Å². The van der Waals surface area contributed by atoms with E-state index in [9.17, 15) is 13.2 Å². The van der Waals surface area contributed by atoms with Gasteiger partial charge in [-0.1, -0.05) is 0 Å². The maximum atomic E-state index is 12.1. The van der Waals surface area contributed by atoms with Crippen LogP contribution in [-0.2, 0) is 14.6 Å². The smallest absolute Gasteiger partial charge is 0.242 e. The molecule has 0 spiro atoms. The van der Waals surface area contributed by atoms with Crippen molar-refractivity contribution in [3.63, 3.8) is 0 Å². The highest BCUT2D eigenvalue weighted by molar-refractivity contribution is 14.0. The van der Waals surface area contributed by atoms with E-state index in [1.54, 1.807) is 13.8 Å². The van der Waals surface area contributed by atoms with Crippen LogP contribution in [0.2, 0.25) is 0 Å². The average Bonchev–Trinajstić information content (AvgIpc) is 2.37. The van der Waals surface area contributed by atoms with Gasteiger partial charge in [-0.15, -0.1) is 24.0 Å². The molecule has 1 fully saturated rings. The summed E-state index contributed by atoms with van der Waals surface area (Å²) in [6.07, 6.45) is 0. The molecule has 1 aliphatic rings. The molecule has 0 aromatic heterocycles. The van der Waals surface area contributed by atoms with Crippen molar-refractivity contribution in [2.75, 3.05) is 31.9 Å². The number of carbonyl (C=O) groups is 1. The van der Waals surface area contributed by atoms with Crippen LogP contribution in [-0.4, -0.2) is 67.9 Å². The van der Waals surface area contributed by atoms with Crippen molar-refractivity contribution < 1.29 is 13.2 Å². The number of hydrogen-bond donors (Lipinski definition) is 2. The van der Waals surface area contributed by atoms with E-state index in [4.69, 9.17) is 0 Å². The summed E-state index contributed by atoms with van der Waals surface area (Å²) in [5.41, 5.74) is 0. The molecule has 1 heterocycles. The van der Waals surface area contributed by atoms with Gasteiger partial charge in [0.1, 0.15) is 6.54 Å². The monoisotopic (exact) mass is 460 g/mol. The summed E-state index contributed by atoms with van der Waals surface area (Å²) >= 11 is 0. The molecule has 23 heavy (non-hydrogen) atoms. The van der Waals surface area contributed by atoms with Crippen LogP contribution in [0.15, 0.2) is 4.99 Å². The molecule has 0 saturated carbocycles. The highest BCUT2D eigenvalue weighted by Crippen LogP contribution is 2.23. The highest BCUT2D eigenvalue weighted by atomic mass is 127. The average molecular weight is 460 g/mol. The van der Waals surface area contributed by atoms with Gasteiger partial charge in [0.2, 0.25) is 5.91 Å². The Morgan fingerprint density at radius 3 is 2.43 bits per heavy atom. The first kappa shape index (κ1) is 22.4. The predicted octanol–water partition coefficient (Wildman–Crippen LogP) is 0.604. The third-order valence-electron chi connectivity index (χ3n) is 3.50. The van der Waals surface area contributed by atoms with Gasteiger partial charge in [0.05, 0.1) is 10.5 Å². The number of nitrogens with one attached hydrogen (secondary N) is 2. The molecule has 0 unspecified atom stereocenters. The van der Waals surface area contributed by atoms with Crippen LogP contribution in [0.4, 0.5) is 0 Å². The van der Waals surface area contributed by atoms with Gasteiger partial charge in [0, 0.05) is 25.7 Å². The normalized spacial score (nSPS) is 19.9. The van der Waals surface area contributed by atoms with E-state index in [0.717, 1.165) is 0 Å². The van der Waals surface area contributed by atoms with Gasteiger partial charge in [0.25, 0.3) is 0 Å². The van der Waals surface area contributed by atoms with Crippen molar-refractivity contribution in [2.24, 2.45) is 4.99 Å². The molecule has 136 valence electrons. The van der Waals surface area contributed by atoms with E-state index in [1.807, 2.05) is 25.7 Å². The lowest BCUT2D eigenvalue weighted by Gasteiger charge is -2.39. The third kappa shape index (κ3) is 6.44. The summed E-state index contributed by atoms with van der Waals surface area (Å²) < 4.78 is 23.3. The number of rotatable bonds is 4. The standard InChI is InChI=1S/C14H28N4O3S.HI/c1-6-15-13(16-9-12(19)17-11(2)3)18-7-8-22(20,21)14(4,5)10-18;/h11H,6-10H2,1-5H3,(H,15,16)(H,17,19);1H. The fraction of sp³-hybridized carbons (Fsp3) is 0.857. The van der Waals surface area contributed by atoms with Gasteiger partial charge in [-0.3, -0.25) is 4.79 Å². The summed E-state index contributed by atoms with van der Waals surface area (Å²) in [5, 5.41) is 5.91. The molecule has 0 radical (unpaired) electrons. The fourth-order valence-electron chi connectivity index (χ4n) is 2.26. The lowest BCUT2D eigenvalue weighted by Crippen LogP contribution is -2.57. The van der Waals surface area contributed by atoms with Gasteiger partial charge in [-0.2, -0.15) is 0 Å². The second-order valence-corrected chi connectivity index (χ2v) is 9.14. The minimum atomic E-state index is -3.09. The molecule has 1 saturated heterocycles. The largest absolute Gasteiger partial charge is 0.357 e. The van der Waals surface area contributed by atoms with Crippen LogP contribution >= 0.6 is 24.0 Å². The van der Waals surface area contributed by atoms with Gasteiger partial charge in [-0.05, 0) is 34.6 Å². The topological polar surface area (TPSA) is 90.9 Å². The molecule has 0 atom stereocenters. The van der Waals surface area contributed by atoms with E-state index in [-0.39, 0.29) is 48.2 Å². The number of sulfone groups is 1. The summed E-state index contributed by atoms with van der Waals surface area (Å²) in [5.74, 6) is 0.543. The first-order chi connectivity index (χ1) is 10.1. The van der Waals surface area contributed by atoms with E-state index < -0.39 is 14.6 Å². The number of amides is 1. The van der Waals surface area contributed by atoms with Crippen LogP contribution in [0.1, 0.15) is 34.6 Å². The van der Waals surface area contributed by atoms with E-state index in [1.165, 1.54) is 0 Å². The fourth-order valence-corrected chi connectivity index (χ4v) is 3.63. The van der Waals surface area contributed by atoms with Crippen molar-refractivity contribution in [1.29, 1.82) is 0 Å². The van der Waals surface area contributed by atoms with Gasteiger partial charge < -0.3 is 15.5 Å². The Bertz CT molecular complexity index is 532. The zero-order chi connectivity index (χ0) is 17.0. The maximum Gasteiger partial charge on any atom is 0.242 e.